The van der Waals surface area contributed by atoms with E-state index in [1.54, 1.807) is 0 Å². The Hall–Kier alpha value is -0.720. The van der Waals surface area contributed by atoms with Gasteiger partial charge < -0.3 is 5.32 Å². The maximum atomic E-state index is 3.85. The zero-order chi connectivity index (χ0) is 14.3. The van der Waals surface area contributed by atoms with Gasteiger partial charge in [-0.3, -0.25) is 0 Å². The van der Waals surface area contributed by atoms with Crippen molar-refractivity contribution in [3.63, 3.8) is 0 Å². The van der Waals surface area contributed by atoms with E-state index >= 15 is 0 Å². The Morgan fingerprint density at radius 2 is 1.78 bits per heavy atom. The fourth-order valence-electron chi connectivity index (χ4n) is 3.33. The van der Waals surface area contributed by atoms with Gasteiger partial charge in [0.1, 0.15) is 0 Å². The Labute approximate surface area is 115 Å². The monoisotopic (exact) mass is 251 g/mol. The van der Waals surface area contributed by atoms with Crippen molar-refractivity contribution < 1.29 is 0 Å². The molecular formula is C17H33N. The molecule has 1 unspecified atom stereocenters. The van der Waals surface area contributed by atoms with Crippen LogP contribution in [0.1, 0.15) is 60.8 Å². The van der Waals surface area contributed by atoms with Gasteiger partial charge in [-0.15, -0.1) is 0 Å². The molecule has 0 saturated heterocycles. The molecule has 0 aromatic rings. The van der Waals surface area contributed by atoms with Crippen LogP contribution in [0.4, 0.5) is 0 Å². The SMILES string of the molecule is C=C/C(NC)=C(\C)CC(C)CC(C)(C)CC(C)C. The van der Waals surface area contributed by atoms with Crippen LogP contribution < -0.4 is 5.32 Å². The first-order valence-electron chi connectivity index (χ1n) is 7.21. The first-order valence-corrected chi connectivity index (χ1v) is 7.21. The van der Waals surface area contributed by atoms with Gasteiger partial charge in [0.05, 0.1) is 0 Å². The second kappa shape index (κ2) is 7.66. The fraction of sp³-hybridized carbons (Fsp3) is 0.765. The first kappa shape index (κ1) is 17.3. The van der Waals surface area contributed by atoms with Gasteiger partial charge in [0.25, 0.3) is 0 Å². The third-order valence-electron chi connectivity index (χ3n) is 3.45. The predicted molar refractivity (Wildman–Crippen MR) is 83.6 cm³/mol. The molecule has 1 heteroatoms. The third-order valence-corrected chi connectivity index (χ3v) is 3.45. The van der Waals surface area contributed by atoms with E-state index in [2.05, 4.69) is 53.4 Å². The zero-order valence-corrected chi connectivity index (χ0v) is 13.6. The highest BCUT2D eigenvalue weighted by atomic mass is 14.8. The molecule has 0 heterocycles. The Balaban J connectivity index is 4.47. The summed E-state index contributed by atoms with van der Waals surface area (Å²) in [6, 6.07) is 0. The van der Waals surface area contributed by atoms with E-state index in [0.717, 1.165) is 18.3 Å². The third kappa shape index (κ3) is 6.88. The number of allylic oxidation sites excluding steroid dienone is 2. The van der Waals surface area contributed by atoms with E-state index < -0.39 is 0 Å². The van der Waals surface area contributed by atoms with Gasteiger partial charge in [-0.25, -0.2) is 0 Å². The summed E-state index contributed by atoms with van der Waals surface area (Å²) in [5, 5.41) is 3.21. The van der Waals surface area contributed by atoms with E-state index in [1.165, 1.54) is 24.1 Å². The summed E-state index contributed by atoms with van der Waals surface area (Å²) in [6.07, 6.45) is 5.67. The summed E-state index contributed by atoms with van der Waals surface area (Å²) in [5.74, 6) is 1.51. The maximum absolute atomic E-state index is 3.85. The van der Waals surface area contributed by atoms with Crippen molar-refractivity contribution >= 4 is 0 Å². The van der Waals surface area contributed by atoms with Gasteiger partial charge in [0.2, 0.25) is 0 Å². The number of rotatable bonds is 8. The molecule has 0 amide bonds. The predicted octanol–water partition coefficient (Wildman–Crippen LogP) is 5.15. The molecule has 0 aliphatic heterocycles. The highest BCUT2D eigenvalue weighted by Crippen LogP contribution is 2.34. The van der Waals surface area contributed by atoms with Gasteiger partial charge in [-0.2, -0.15) is 0 Å². The lowest BCUT2D eigenvalue weighted by Gasteiger charge is -2.30. The van der Waals surface area contributed by atoms with Gasteiger partial charge in [0, 0.05) is 12.7 Å². The fourth-order valence-corrected chi connectivity index (χ4v) is 3.33. The number of likely N-dealkylation sites (N-methyl/N-ethyl adjacent to an activating group) is 1. The van der Waals surface area contributed by atoms with Crippen molar-refractivity contribution in [1.29, 1.82) is 0 Å². The van der Waals surface area contributed by atoms with E-state index in [4.69, 9.17) is 0 Å². The molecule has 106 valence electrons. The summed E-state index contributed by atoms with van der Waals surface area (Å²) < 4.78 is 0. The van der Waals surface area contributed by atoms with Gasteiger partial charge >= 0.3 is 0 Å². The molecule has 0 bridgehead atoms. The van der Waals surface area contributed by atoms with E-state index in [0.29, 0.717) is 5.41 Å². The lowest BCUT2D eigenvalue weighted by Crippen LogP contribution is -2.19. The molecule has 1 N–H and O–H groups in total. The van der Waals surface area contributed by atoms with E-state index in [-0.39, 0.29) is 0 Å². The van der Waals surface area contributed by atoms with Gasteiger partial charge in [-0.05, 0) is 55.1 Å². The molecular weight excluding hydrogens is 218 g/mol. The summed E-state index contributed by atoms with van der Waals surface area (Å²) >= 11 is 0. The summed E-state index contributed by atoms with van der Waals surface area (Å²) in [5.41, 5.74) is 3.05. The lowest BCUT2D eigenvalue weighted by molar-refractivity contribution is 0.225. The van der Waals surface area contributed by atoms with Crippen LogP contribution in [0.25, 0.3) is 0 Å². The molecule has 0 aliphatic rings. The Kier molecular flexibility index (Phi) is 7.35. The van der Waals surface area contributed by atoms with Crippen LogP contribution in [-0.2, 0) is 0 Å². The average molecular weight is 251 g/mol. The second-order valence-corrected chi connectivity index (χ2v) is 6.92. The summed E-state index contributed by atoms with van der Waals surface area (Å²) in [7, 11) is 1.97. The van der Waals surface area contributed by atoms with Crippen LogP contribution in [0.5, 0.6) is 0 Å². The quantitative estimate of drug-likeness (QED) is 0.588. The molecule has 0 aromatic carbocycles. The van der Waals surface area contributed by atoms with Crippen LogP contribution in [0.2, 0.25) is 0 Å². The van der Waals surface area contributed by atoms with Gasteiger partial charge in [-0.1, -0.05) is 41.2 Å². The number of hydrogen-bond acceptors (Lipinski definition) is 1. The van der Waals surface area contributed by atoms with Crippen LogP contribution in [-0.4, -0.2) is 7.05 Å². The molecule has 1 atom stereocenters. The van der Waals surface area contributed by atoms with E-state index in [1.807, 2.05) is 13.1 Å². The minimum absolute atomic E-state index is 0.446. The van der Waals surface area contributed by atoms with Gasteiger partial charge in [0.15, 0.2) is 0 Å². The van der Waals surface area contributed by atoms with Crippen molar-refractivity contribution in [3.8, 4) is 0 Å². The number of hydrogen-bond donors (Lipinski definition) is 1. The largest absolute Gasteiger partial charge is 0.388 e. The van der Waals surface area contributed by atoms with Crippen LogP contribution in [0, 0.1) is 17.3 Å². The zero-order valence-electron chi connectivity index (χ0n) is 13.6. The van der Waals surface area contributed by atoms with Crippen molar-refractivity contribution in [2.45, 2.75) is 60.8 Å². The molecule has 0 aromatic heterocycles. The van der Waals surface area contributed by atoms with Crippen molar-refractivity contribution in [1.82, 2.24) is 5.32 Å². The number of nitrogens with one attached hydrogen (secondary N) is 1. The Morgan fingerprint density at radius 1 is 1.22 bits per heavy atom. The van der Waals surface area contributed by atoms with Crippen LogP contribution in [0.15, 0.2) is 23.9 Å². The minimum atomic E-state index is 0.446. The molecule has 0 spiro atoms. The minimum Gasteiger partial charge on any atom is -0.388 e. The molecule has 18 heavy (non-hydrogen) atoms. The topological polar surface area (TPSA) is 12.0 Å². The molecule has 0 fully saturated rings. The average Bonchev–Trinajstić information content (AvgIpc) is 2.15. The summed E-state index contributed by atoms with van der Waals surface area (Å²) in [6.45, 7) is 17.8. The Morgan fingerprint density at radius 3 is 2.17 bits per heavy atom. The highest BCUT2D eigenvalue weighted by Gasteiger charge is 2.22. The second-order valence-electron chi connectivity index (χ2n) is 6.92. The van der Waals surface area contributed by atoms with E-state index in [9.17, 15) is 0 Å². The van der Waals surface area contributed by atoms with Crippen LogP contribution in [0.3, 0.4) is 0 Å². The lowest BCUT2D eigenvalue weighted by atomic mass is 9.76. The molecule has 0 radical (unpaired) electrons. The van der Waals surface area contributed by atoms with Crippen LogP contribution >= 0.6 is 0 Å². The molecule has 0 saturated carbocycles. The van der Waals surface area contributed by atoms with Crippen molar-refractivity contribution in [2.75, 3.05) is 7.05 Å². The smallest absolute Gasteiger partial charge is 0.0320 e. The Bertz CT molecular complexity index is 284. The van der Waals surface area contributed by atoms with Crippen molar-refractivity contribution in [2.24, 2.45) is 17.3 Å². The highest BCUT2D eigenvalue weighted by molar-refractivity contribution is 5.20. The molecule has 0 rings (SSSR count). The first-order chi connectivity index (χ1) is 8.21. The molecule has 0 aliphatic carbocycles. The standard InChI is InChI=1S/C17H33N/c1-9-16(18-8)15(5)10-14(4)12-17(6,7)11-13(2)3/h9,13-14,18H,1,10-12H2,2-8H3/b16-15-. The normalized spacial score (nSPS) is 15.3. The van der Waals surface area contributed by atoms with Crippen molar-refractivity contribution in [3.05, 3.63) is 23.9 Å². The maximum Gasteiger partial charge on any atom is 0.0320 e. The molecule has 1 nitrogen and oxygen atoms in total. The summed E-state index contributed by atoms with van der Waals surface area (Å²) in [4.78, 5) is 0.